The summed E-state index contributed by atoms with van der Waals surface area (Å²) in [6.45, 7) is 0.420. The van der Waals surface area contributed by atoms with E-state index in [9.17, 15) is 9.59 Å². The van der Waals surface area contributed by atoms with Crippen LogP contribution in [0.1, 0.15) is 15.9 Å². The fourth-order valence-electron chi connectivity index (χ4n) is 2.05. The van der Waals surface area contributed by atoms with Gasteiger partial charge in [0.2, 0.25) is 5.88 Å². The van der Waals surface area contributed by atoms with Crippen molar-refractivity contribution in [1.82, 2.24) is 15.2 Å². The van der Waals surface area contributed by atoms with Crippen LogP contribution in [0.3, 0.4) is 0 Å². The highest BCUT2D eigenvalue weighted by Gasteiger charge is 2.10. The number of aromatic nitrogens is 1. The molecule has 0 saturated heterocycles. The van der Waals surface area contributed by atoms with Crippen molar-refractivity contribution in [3.05, 3.63) is 53.7 Å². The summed E-state index contributed by atoms with van der Waals surface area (Å²) in [6, 6.07) is 10.2. The number of anilines is 1. The molecule has 2 N–H and O–H groups in total. The normalized spacial score (nSPS) is 9.96. The Bertz CT molecular complexity index is 699. The zero-order valence-corrected chi connectivity index (χ0v) is 13.9. The van der Waals surface area contributed by atoms with Gasteiger partial charge in [-0.1, -0.05) is 12.1 Å². The van der Waals surface area contributed by atoms with Gasteiger partial charge in [0, 0.05) is 32.3 Å². The predicted octanol–water partition coefficient (Wildman–Crippen LogP) is 2.11. The van der Waals surface area contributed by atoms with Crippen LogP contribution in [0.15, 0.2) is 42.6 Å². The number of nitrogens with zero attached hydrogens (tertiary/aromatic N) is 2. The minimum atomic E-state index is -0.252. The Labute approximate surface area is 140 Å². The smallest absolute Gasteiger partial charge is 0.321 e. The third kappa shape index (κ3) is 4.45. The first-order valence-electron chi connectivity index (χ1n) is 7.36. The second-order valence-electron chi connectivity index (χ2n) is 5.15. The predicted molar refractivity (Wildman–Crippen MR) is 91.1 cm³/mol. The van der Waals surface area contributed by atoms with Crippen LogP contribution >= 0.6 is 0 Å². The molecule has 0 aliphatic carbocycles. The summed E-state index contributed by atoms with van der Waals surface area (Å²) >= 11 is 0. The number of hydrogen-bond donors (Lipinski definition) is 2. The molecule has 7 heteroatoms. The lowest BCUT2D eigenvalue weighted by atomic mass is 10.1. The zero-order valence-electron chi connectivity index (χ0n) is 13.9. The van der Waals surface area contributed by atoms with E-state index in [0.29, 0.717) is 23.7 Å². The van der Waals surface area contributed by atoms with E-state index in [1.54, 1.807) is 43.3 Å². The highest BCUT2D eigenvalue weighted by Crippen LogP contribution is 2.12. The second-order valence-corrected chi connectivity index (χ2v) is 5.15. The van der Waals surface area contributed by atoms with Gasteiger partial charge in [0.15, 0.2) is 0 Å². The average molecular weight is 328 g/mol. The van der Waals surface area contributed by atoms with Crippen LogP contribution in [0.2, 0.25) is 0 Å². The molecule has 0 unspecified atom stereocenters. The largest absolute Gasteiger partial charge is 0.481 e. The highest BCUT2D eigenvalue weighted by molar-refractivity contribution is 5.94. The number of carbonyl (C=O) groups excluding carboxylic acids is 2. The van der Waals surface area contributed by atoms with Gasteiger partial charge in [-0.3, -0.25) is 4.79 Å². The minimum Gasteiger partial charge on any atom is -0.481 e. The SMILES string of the molecule is CNC(=O)c1ccc(CN(C)C(=O)Nc2ccc(OC)nc2)cc1. The molecule has 3 amide bonds. The minimum absolute atomic E-state index is 0.139. The van der Waals surface area contributed by atoms with Gasteiger partial charge in [-0.2, -0.15) is 0 Å². The molecule has 1 aromatic heterocycles. The van der Waals surface area contributed by atoms with Gasteiger partial charge in [0.1, 0.15) is 0 Å². The Morgan fingerprint density at radius 1 is 1.17 bits per heavy atom. The maximum atomic E-state index is 12.2. The lowest BCUT2D eigenvalue weighted by Gasteiger charge is -2.18. The Morgan fingerprint density at radius 3 is 2.42 bits per heavy atom. The molecule has 1 heterocycles. The molecule has 0 radical (unpaired) electrons. The van der Waals surface area contributed by atoms with Crippen LogP contribution in [0.25, 0.3) is 0 Å². The molecular weight excluding hydrogens is 308 g/mol. The van der Waals surface area contributed by atoms with E-state index < -0.39 is 0 Å². The van der Waals surface area contributed by atoms with Crippen LogP contribution in [0.5, 0.6) is 5.88 Å². The molecule has 0 aliphatic heterocycles. The number of urea groups is 1. The Kier molecular flexibility index (Phi) is 5.73. The van der Waals surface area contributed by atoms with Gasteiger partial charge in [-0.15, -0.1) is 0 Å². The number of pyridine rings is 1. The monoisotopic (exact) mass is 328 g/mol. The van der Waals surface area contributed by atoms with Crippen molar-refractivity contribution >= 4 is 17.6 Å². The first-order chi connectivity index (χ1) is 11.5. The molecule has 2 aromatic rings. The molecule has 126 valence electrons. The lowest BCUT2D eigenvalue weighted by molar-refractivity contribution is 0.0963. The van der Waals surface area contributed by atoms with E-state index in [1.807, 2.05) is 12.1 Å². The summed E-state index contributed by atoms with van der Waals surface area (Å²) in [7, 11) is 4.81. The van der Waals surface area contributed by atoms with Crippen LogP contribution in [0, 0.1) is 0 Å². The standard InChI is InChI=1S/C17H20N4O3/c1-18-16(22)13-6-4-12(5-7-13)11-21(2)17(23)20-14-8-9-15(24-3)19-10-14/h4-10H,11H2,1-3H3,(H,18,22)(H,20,23). The number of nitrogens with one attached hydrogen (secondary N) is 2. The molecule has 0 saturated carbocycles. The maximum absolute atomic E-state index is 12.2. The summed E-state index contributed by atoms with van der Waals surface area (Å²) in [6.07, 6.45) is 1.53. The maximum Gasteiger partial charge on any atom is 0.321 e. The van der Waals surface area contributed by atoms with Crippen molar-refractivity contribution in [2.24, 2.45) is 0 Å². The number of methoxy groups -OCH3 is 1. The molecular formula is C17H20N4O3. The molecule has 0 aliphatic rings. The highest BCUT2D eigenvalue weighted by atomic mass is 16.5. The number of carbonyl (C=O) groups is 2. The van der Waals surface area contributed by atoms with Gasteiger partial charge >= 0.3 is 6.03 Å². The van der Waals surface area contributed by atoms with Crippen molar-refractivity contribution in [3.63, 3.8) is 0 Å². The third-order valence-electron chi connectivity index (χ3n) is 3.41. The summed E-state index contributed by atoms with van der Waals surface area (Å²) < 4.78 is 4.97. The molecule has 0 spiro atoms. The Hall–Kier alpha value is -3.09. The first-order valence-corrected chi connectivity index (χ1v) is 7.36. The number of ether oxygens (including phenoxy) is 1. The van der Waals surface area contributed by atoms with Gasteiger partial charge in [-0.05, 0) is 23.8 Å². The Morgan fingerprint density at radius 2 is 1.88 bits per heavy atom. The van der Waals surface area contributed by atoms with E-state index in [-0.39, 0.29) is 11.9 Å². The van der Waals surface area contributed by atoms with Crippen LogP contribution in [0.4, 0.5) is 10.5 Å². The molecule has 1 aromatic carbocycles. The second kappa shape index (κ2) is 7.96. The summed E-state index contributed by atoms with van der Waals surface area (Å²) in [5.41, 5.74) is 2.09. The van der Waals surface area contributed by atoms with Crippen molar-refractivity contribution in [2.45, 2.75) is 6.54 Å². The molecule has 24 heavy (non-hydrogen) atoms. The number of amides is 3. The lowest BCUT2D eigenvalue weighted by Crippen LogP contribution is -2.30. The van der Waals surface area contributed by atoms with E-state index in [1.165, 1.54) is 13.3 Å². The van der Waals surface area contributed by atoms with Gasteiger partial charge in [0.05, 0.1) is 19.0 Å². The topological polar surface area (TPSA) is 83.6 Å². The molecule has 2 rings (SSSR count). The quantitative estimate of drug-likeness (QED) is 0.880. The van der Waals surface area contributed by atoms with Crippen molar-refractivity contribution in [1.29, 1.82) is 0 Å². The third-order valence-corrected chi connectivity index (χ3v) is 3.41. The Balaban J connectivity index is 1.94. The van der Waals surface area contributed by atoms with Gasteiger partial charge in [0.25, 0.3) is 5.91 Å². The molecule has 7 nitrogen and oxygen atoms in total. The summed E-state index contributed by atoms with van der Waals surface area (Å²) in [4.78, 5) is 29.3. The molecule has 0 fully saturated rings. The summed E-state index contributed by atoms with van der Waals surface area (Å²) in [5.74, 6) is 0.345. The fraction of sp³-hybridized carbons (Fsp3) is 0.235. The van der Waals surface area contributed by atoms with Crippen molar-refractivity contribution in [3.8, 4) is 5.88 Å². The molecule has 0 atom stereocenters. The van der Waals surface area contributed by atoms with Gasteiger partial charge in [-0.25, -0.2) is 9.78 Å². The van der Waals surface area contributed by atoms with E-state index in [2.05, 4.69) is 15.6 Å². The van der Waals surface area contributed by atoms with E-state index in [4.69, 9.17) is 4.74 Å². The van der Waals surface area contributed by atoms with E-state index >= 15 is 0 Å². The van der Waals surface area contributed by atoms with Crippen LogP contribution in [-0.4, -0.2) is 43.0 Å². The first kappa shape index (κ1) is 17.3. The van der Waals surface area contributed by atoms with Crippen molar-refractivity contribution < 1.29 is 14.3 Å². The van der Waals surface area contributed by atoms with Crippen molar-refractivity contribution in [2.75, 3.05) is 26.5 Å². The van der Waals surface area contributed by atoms with Crippen LogP contribution < -0.4 is 15.4 Å². The summed E-state index contributed by atoms with van der Waals surface area (Å²) in [5, 5.41) is 5.32. The average Bonchev–Trinajstić information content (AvgIpc) is 2.62. The van der Waals surface area contributed by atoms with Gasteiger partial charge < -0.3 is 20.3 Å². The number of hydrogen-bond acceptors (Lipinski definition) is 4. The number of rotatable bonds is 5. The zero-order chi connectivity index (χ0) is 17.5. The fourth-order valence-corrected chi connectivity index (χ4v) is 2.05. The number of benzene rings is 1. The molecule has 0 bridgehead atoms. The van der Waals surface area contributed by atoms with E-state index in [0.717, 1.165) is 5.56 Å². The van der Waals surface area contributed by atoms with Crippen LogP contribution in [-0.2, 0) is 6.54 Å².